The lowest BCUT2D eigenvalue weighted by molar-refractivity contribution is -0.0170. The molecular weight excluding hydrogens is 519 g/mol. The predicted octanol–water partition coefficient (Wildman–Crippen LogP) is 7.21. The van der Waals surface area contributed by atoms with Crippen LogP contribution in [0.3, 0.4) is 0 Å². The number of nitrogens with zero attached hydrogens (tertiary/aromatic N) is 1. The monoisotopic (exact) mass is 571 g/mol. The second kappa shape index (κ2) is 11.9. The number of benzene rings is 2. The molecule has 1 unspecified atom stereocenters. The second-order valence-corrected chi connectivity index (χ2v) is 23.7. The summed E-state index contributed by atoms with van der Waals surface area (Å²) in [7, 11) is -3.12. The fourth-order valence-electron chi connectivity index (χ4n) is 4.36. The molecule has 0 saturated carbocycles. The van der Waals surface area contributed by atoms with Gasteiger partial charge in [-0.2, -0.15) is 0 Å². The van der Waals surface area contributed by atoms with Crippen LogP contribution in [0.1, 0.15) is 69.2 Å². The van der Waals surface area contributed by atoms with Crippen molar-refractivity contribution >= 4 is 33.1 Å². The van der Waals surface area contributed by atoms with E-state index in [0.717, 1.165) is 0 Å². The van der Waals surface area contributed by atoms with Crippen molar-refractivity contribution < 1.29 is 18.4 Å². The van der Waals surface area contributed by atoms with Gasteiger partial charge in [-0.1, -0.05) is 102 Å². The Morgan fingerprint density at radius 3 is 1.46 bits per heavy atom. The maximum absolute atomic E-state index is 13.4. The van der Waals surface area contributed by atoms with E-state index in [9.17, 15) is 4.79 Å². The van der Waals surface area contributed by atoms with Crippen molar-refractivity contribution in [3.63, 3.8) is 0 Å². The van der Waals surface area contributed by atoms with Gasteiger partial charge in [0.15, 0.2) is 8.32 Å². The van der Waals surface area contributed by atoms with Gasteiger partial charge in [0.2, 0.25) is 0 Å². The summed E-state index contributed by atoms with van der Waals surface area (Å²) in [6.45, 7) is 26.4. The Morgan fingerprint density at radius 1 is 0.692 bits per heavy atom. The maximum atomic E-state index is 13.4. The van der Waals surface area contributed by atoms with Crippen LogP contribution < -0.4 is 10.4 Å². The Balaban J connectivity index is 2.62. The van der Waals surface area contributed by atoms with Crippen molar-refractivity contribution in [2.45, 2.75) is 104 Å². The van der Waals surface area contributed by atoms with Gasteiger partial charge in [-0.25, -0.2) is 4.79 Å². The first-order chi connectivity index (χ1) is 17.7. The summed E-state index contributed by atoms with van der Waals surface area (Å²) < 4.78 is 19.9. The molecule has 0 aliphatic carbocycles. The van der Waals surface area contributed by atoms with Crippen LogP contribution in [0.25, 0.3) is 0 Å². The zero-order valence-electron chi connectivity index (χ0n) is 26.8. The number of carbonyl (C=O) groups excluding carboxylic acids is 1. The van der Waals surface area contributed by atoms with Crippen LogP contribution in [0.2, 0.25) is 23.2 Å². The van der Waals surface area contributed by atoms with Crippen LogP contribution in [-0.2, 0) is 13.6 Å². The molecular formula is C32H53NO4Si2. The van der Waals surface area contributed by atoms with E-state index in [4.69, 9.17) is 13.6 Å². The van der Waals surface area contributed by atoms with Gasteiger partial charge in [0.25, 0.3) is 8.32 Å². The fraction of sp³-hybridized carbons (Fsp3) is 0.594. The Hall–Kier alpha value is -1.94. The van der Waals surface area contributed by atoms with E-state index in [1.165, 1.54) is 10.4 Å². The molecule has 0 aliphatic rings. The van der Waals surface area contributed by atoms with Crippen LogP contribution in [0.4, 0.5) is 4.79 Å². The third-order valence-corrected chi connectivity index (χ3v) is 17.5. The molecule has 0 bridgehead atoms. The summed E-state index contributed by atoms with van der Waals surface area (Å²) in [5, 5.41) is 2.27. The molecule has 2 aromatic rings. The lowest BCUT2D eigenvalue weighted by Gasteiger charge is -2.48. The van der Waals surface area contributed by atoms with E-state index < -0.39 is 27.8 Å². The van der Waals surface area contributed by atoms with Crippen molar-refractivity contribution in [2.24, 2.45) is 0 Å². The van der Waals surface area contributed by atoms with Crippen molar-refractivity contribution in [2.75, 3.05) is 20.3 Å². The molecule has 0 spiro atoms. The molecule has 0 N–H and O–H groups in total. The minimum absolute atomic E-state index is 0.0389. The zero-order chi connectivity index (χ0) is 29.9. The maximum Gasteiger partial charge on any atom is 0.410 e. The molecule has 218 valence electrons. The van der Waals surface area contributed by atoms with Crippen molar-refractivity contribution in [1.82, 2.24) is 4.90 Å². The molecule has 0 heterocycles. The summed E-state index contributed by atoms with van der Waals surface area (Å²) >= 11 is 0. The third-order valence-electron chi connectivity index (χ3n) is 8.04. The third kappa shape index (κ3) is 7.84. The van der Waals surface area contributed by atoms with Gasteiger partial charge in [-0.05, 0) is 61.2 Å². The number of rotatable bonds is 9. The molecule has 2 aromatic carbocycles. The van der Waals surface area contributed by atoms with Gasteiger partial charge in [0.05, 0.1) is 18.8 Å². The van der Waals surface area contributed by atoms with Crippen molar-refractivity contribution in [1.29, 1.82) is 0 Å². The number of ether oxygens (including phenoxy) is 1. The highest BCUT2D eigenvalue weighted by atomic mass is 28.4. The molecule has 1 amide bonds. The van der Waals surface area contributed by atoms with E-state index in [2.05, 4.69) is 110 Å². The Morgan fingerprint density at radius 2 is 1.10 bits per heavy atom. The highest BCUT2D eigenvalue weighted by molar-refractivity contribution is 6.99. The molecule has 0 aromatic heterocycles. The SMILES string of the molecule is CN(C(=O)OC(C)(C)C)C(C)(CO[Si](C)(C)C(C)(C)C)CO[Si](c1ccccc1)(c1ccccc1)C(C)(C)C. The average Bonchev–Trinajstić information content (AvgIpc) is 2.81. The van der Waals surface area contributed by atoms with E-state index >= 15 is 0 Å². The van der Waals surface area contributed by atoms with Crippen LogP contribution in [0.5, 0.6) is 0 Å². The van der Waals surface area contributed by atoms with Crippen LogP contribution >= 0.6 is 0 Å². The van der Waals surface area contributed by atoms with Gasteiger partial charge in [0.1, 0.15) is 5.60 Å². The van der Waals surface area contributed by atoms with Gasteiger partial charge in [-0.15, -0.1) is 0 Å². The summed E-state index contributed by atoms with van der Waals surface area (Å²) in [5.41, 5.74) is -1.36. The zero-order valence-corrected chi connectivity index (χ0v) is 28.8. The van der Waals surface area contributed by atoms with E-state index in [-0.39, 0.29) is 16.2 Å². The largest absolute Gasteiger partial charge is 0.444 e. The number of carbonyl (C=O) groups is 1. The number of amides is 1. The molecule has 1 atom stereocenters. The van der Waals surface area contributed by atoms with Gasteiger partial charge in [0, 0.05) is 7.05 Å². The van der Waals surface area contributed by atoms with E-state index in [1.54, 1.807) is 11.9 Å². The quantitative estimate of drug-likeness (QED) is 0.298. The minimum atomic E-state index is -2.82. The summed E-state index contributed by atoms with van der Waals surface area (Å²) in [5.74, 6) is 0. The highest BCUT2D eigenvalue weighted by Gasteiger charge is 2.52. The average molecular weight is 572 g/mol. The first kappa shape index (κ1) is 33.3. The molecule has 2 rings (SSSR count). The molecule has 0 radical (unpaired) electrons. The lowest BCUT2D eigenvalue weighted by atomic mass is 10.0. The van der Waals surface area contributed by atoms with Gasteiger partial charge < -0.3 is 18.5 Å². The Bertz CT molecular complexity index is 1030. The van der Waals surface area contributed by atoms with Gasteiger partial charge >= 0.3 is 6.09 Å². The Kier molecular flexibility index (Phi) is 10.1. The first-order valence-electron chi connectivity index (χ1n) is 14.0. The Labute approximate surface area is 240 Å². The molecule has 0 fully saturated rings. The standard InChI is InChI=1S/C32H53NO4Si2/c1-29(2,3)37-28(34)33(11)32(10,24-35-38(12,13)30(4,5)6)25-36-39(31(7,8)9,26-20-16-14-17-21-26)27-22-18-15-19-23-27/h14-23H,24-25H2,1-13H3. The first-order valence-corrected chi connectivity index (χ1v) is 18.8. The number of hydrogen-bond acceptors (Lipinski definition) is 4. The van der Waals surface area contributed by atoms with Gasteiger partial charge in [-0.3, -0.25) is 0 Å². The summed E-state index contributed by atoms with van der Waals surface area (Å²) in [4.78, 5) is 15.1. The van der Waals surface area contributed by atoms with Crippen molar-refractivity contribution in [3.8, 4) is 0 Å². The topological polar surface area (TPSA) is 48.0 Å². The highest BCUT2D eigenvalue weighted by Crippen LogP contribution is 2.39. The van der Waals surface area contributed by atoms with E-state index in [0.29, 0.717) is 13.2 Å². The molecule has 39 heavy (non-hydrogen) atoms. The van der Waals surface area contributed by atoms with Crippen LogP contribution in [0.15, 0.2) is 60.7 Å². The molecule has 7 heteroatoms. The minimum Gasteiger partial charge on any atom is -0.444 e. The normalized spacial score (nSPS) is 15.0. The molecule has 0 saturated heterocycles. The summed E-state index contributed by atoms with van der Waals surface area (Å²) in [6.07, 6.45) is -0.380. The second-order valence-electron chi connectivity index (χ2n) is 14.5. The molecule has 5 nitrogen and oxygen atoms in total. The van der Waals surface area contributed by atoms with E-state index in [1.807, 2.05) is 32.9 Å². The fourth-order valence-corrected chi connectivity index (χ4v) is 10.2. The lowest BCUT2D eigenvalue weighted by Crippen LogP contribution is -2.69. The van der Waals surface area contributed by atoms with Crippen molar-refractivity contribution in [3.05, 3.63) is 60.7 Å². The number of hydrogen-bond donors (Lipinski definition) is 0. The van der Waals surface area contributed by atoms with Crippen LogP contribution in [-0.4, -0.2) is 59.0 Å². The predicted molar refractivity (Wildman–Crippen MR) is 169 cm³/mol. The van der Waals surface area contributed by atoms with Crippen LogP contribution in [0, 0.1) is 0 Å². The number of likely N-dealkylation sites (N-methyl/N-ethyl adjacent to an activating group) is 1. The smallest absolute Gasteiger partial charge is 0.410 e. The summed E-state index contributed by atoms with van der Waals surface area (Å²) in [6, 6.07) is 21.2. The molecule has 0 aliphatic heterocycles.